The van der Waals surface area contributed by atoms with Crippen molar-refractivity contribution in [2.45, 2.75) is 45.4 Å². The maximum Gasteiger partial charge on any atom is 0.375 e. The van der Waals surface area contributed by atoms with Crippen molar-refractivity contribution in [3.05, 3.63) is 5.82 Å². The van der Waals surface area contributed by atoms with Crippen molar-refractivity contribution >= 4 is 28.9 Å². The van der Waals surface area contributed by atoms with Crippen molar-refractivity contribution in [2.24, 2.45) is 0 Å². The molecule has 0 bridgehead atoms. The summed E-state index contributed by atoms with van der Waals surface area (Å²) in [5.74, 6) is -0.222. The molecular weight excluding hydrogens is 300 g/mol. The summed E-state index contributed by atoms with van der Waals surface area (Å²) in [5, 5.41) is 0. The summed E-state index contributed by atoms with van der Waals surface area (Å²) >= 11 is 0. The van der Waals surface area contributed by atoms with E-state index in [0.717, 1.165) is 13.0 Å². The fourth-order valence-corrected chi connectivity index (χ4v) is 2.24. The van der Waals surface area contributed by atoms with Crippen LogP contribution in [0.15, 0.2) is 0 Å². The fraction of sp³-hybridized carbons (Fsp3) is 0.571. The van der Waals surface area contributed by atoms with Gasteiger partial charge in [0.15, 0.2) is 17.0 Å². The minimum absolute atomic E-state index is 0.0366. The van der Waals surface area contributed by atoms with E-state index in [9.17, 15) is 4.79 Å². The zero-order valence-electron chi connectivity index (χ0n) is 13.4. The third kappa shape index (κ3) is 3.34. The van der Waals surface area contributed by atoms with E-state index in [1.165, 1.54) is 0 Å². The van der Waals surface area contributed by atoms with E-state index in [1.54, 1.807) is 25.3 Å². The van der Waals surface area contributed by atoms with Crippen LogP contribution < -0.4 is 11.5 Å². The average molecular weight is 320 g/mol. The van der Waals surface area contributed by atoms with Crippen LogP contribution in [-0.4, -0.2) is 43.8 Å². The lowest BCUT2D eigenvalue weighted by Gasteiger charge is -2.19. The minimum atomic E-state index is -0.629. The number of carbonyl (C=O) groups excluding carboxylic acids is 1. The molecule has 0 spiro atoms. The summed E-state index contributed by atoms with van der Waals surface area (Å²) < 4.78 is 12.3. The highest BCUT2D eigenvalue weighted by Crippen LogP contribution is 2.24. The molecule has 1 aliphatic heterocycles. The van der Waals surface area contributed by atoms with Gasteiger partial charge in [0.2, 0.25) is 11.8 Å². The number of nitrogen functional groups attached to an aromatic ring is 2. The maximum absolute atomic E-state index is 12.5. The molecule has 124 valence electrons. The van der Waals surface area contributed by atoms with Gasteiger partial charge in [0.1, 0.15) is 5.60 Å². The highest BCUT2D eigenvalue weighted by atomic mass is 16.6. The molecule has 1 aliphatic rings. The number of ether oxygens (including phenoxy) is 2. The van der Waals surface area contributed by atoms with E-state index in [0.29, 0.717) is 17.7 Å². The zero-order valence-corrected chi connectivity index (χ0v) is 13.4. The third-order valence-electron chi connectivity index (χ3n) is 3.30. The second kappa shape index (κ2) is 5.34. The standard InChI is InChI=1S/C14H20N6O3/c1-14(2,3)23-12(21)11-17-8-9(15)18-13(16)19-10(8)20(11)5-4-7-6-22-7/h7H,4-6H2,1-3H3,(H4,15,16,18,19)/t7-/m1/s1. The van der Waals surface area contributed by atoms with E-state index in [1.807, 2.05) is 0 Å². The smallest absolute Gasteiger partial charge is 0.375 e. The summed E-state index contributed by atoms with van der Waals surface area (Å²) in [6, 6.07) is 0. The summed E-state index contributed by atoms with van der Waals surface area (Å²) in [5.41, 5.74) is 11.7. The molecule has 9 nitrogen and oxygen atoms in total. The number of esters is 1. The van der Waals surface area contributed by atoms with Crippen LogP contribution >= 0.6 is 0 Å². The number of fused-ring (bicyclic) bond motifs is 1. The van der Waals surface area contributed by atoms with Crippen LogP contribution in [0, 0.1) is 0 Å². The quantitative estimate of drug-likeness (QED) is 0.622. The van der Waals surface area contributed by atoms with Gasteiger partial charge in [-0.1, -0.05) is 0 Å². The largest absolute Gasteiger partial charge is 0.454 e. The number of carbonyl (C=O) groups is 1. The molecule has 0 unspecified atom stereocenters. The number of imidazole rings is 1. The predicted octanol–water partition coefficient (Wildman–Crippen LogP) is 0.735. The van der Waals surface area contributed by atoms with Gasteiger partial charge in [-0.2, -0.15) is 9.97 Å². The summed E-state index contributed by atoms with van der Waals surface area (Å²) in [4.78, 5) is 24.8. The molecule has 4 N–H and O–H groups in total. The minimum Gasteiger partial charge on any atom is -0.454 e. The molecule has 0 saturated carbocycles. The molecule has 0 radical (unpaired) electrons. The van der Waals surface area contributed by atoms with Crippen LogP contribution in [0.2, 0.25) is 0 Å². The van der Waals surface area contributed by atoms with Gasteiger partial charge < -0.3 is 25.5 Å². The molecule has 1 saturated heterocycles. The SMILES string of the molecule is CC(C)(C)OC(=O)c1nc2c(N)nc(N)nc2n1CC[C@@H]1CO1. The number of epoxide rings is 1. The summed E-state index contributed by atoms with van der Waals surface area (Å²) in [6.45, 7) is 6.62. The Morgan fingerprint density at radius 1 is 1.35 bits per heavy atom. The normalized spacial score (nSPS) is 17.4. The molecule has 3 heterocycles. The zero-order chi connectivity index (χ0) is 16.8. The van der Waals surface area contributed by atoms with Crippen molar-refractivity contribution in [2.75, 3.05) is 18.1 Å². The van der Waals surface area contributed by atoms with Gasteiger partial charge in [-0.3, -0.25) is 0 Å². The lowest BCUT2D eigenvalue weighted by molar-refractivity contribution is 0.00507. The van der Waals surface area contributed by atoms with E-state index in [2.05, 4.69) is 15.0 Å². The highest BCUT2D eigenvalue weighted by Gasteiger charge is 2.28. The van der Waals surface area contributed by atoms with E-state index in [4.69, 9.17) is 20.9 Å². The van der Waals surface area contributed by atoms with Gasteiger partial charge in [0, 0.05) is 6.54 Å². The number of aromatic nitrogens is 4. The Morgan fingerprint density at radius 2 is 2.04 bits per heavy atom. The van der Waals surface area contributed by atoms with Crippen molar-refractivity contribution < 1.29 is 14.3 Å². The van der Waals surface area contributed by atoms with Gasteiger partial charge in [-0.05, 0) is 27.2 Å². The predicted molar refractivity (Wildman–Crippen MR) is 83.7 cm³/mol. The summed E-state index contributed by atoms with van der Waals surface area (Å²) in [6.07, 6.45) is 0.945. The fourth-order valence-electron chi connectivity index (χ4n) is 2.24. The van der Waals surface area contributed by atoms with Crippen molar-refractivity contribution in [1.29, 1.82) is 0 Å². The number of hydrogen-bond donors (Lipinski definition) is 2. The van der Waals surface area contributed by atoms with Crippen molar-refractivity contribution in [3.8, 4) is 0 Å². The second-order valence-electron chi connectivity index (χ2n) is 6.47. The van der Waals surface area contributed by atoms with Crippen LogP contribution in [0.1, 0.15) is 37.8 Å². The van der Waals surface area contributed by atoms with Gasteiger partial charge in [0.25, 0.3) is 0 Å². The number of aryl methyl sites for hydroxylation is 1. The third-order valence-corrected chi connectivity index (χ3v) is 3.30. The number of nitrogens with two attached hydrogens (primary N) is 2. The Balaban J connectivity index is 2.05. The van der Waals surface area contributed by atoms with E-state index < -0.39 is 11.6 Å². The van der Waals surface area contributed by atoms with Crippen LogP contribution in [0.25, 0.3) is 11.2 Å². The Bertz CT molecular complexity index is 760. The first-order chi connectivity index (χ1) is 10.7. The van der Waals surface area contributed by atoms with Crippen molar-refractivity contribution in [3.63, 3.8) is 0 Å². The second-order valence-corrected chi connectivity index (χ2v) is 6.47. The molecule has 0 amide bonds. The topological polar surface area (TPSA) is 134 Å². The molecular formula is C14H20N6O3. The molecule has 0 aromatic carbocycles. The lowest BCUT2D eigenvalue weighted by Crippen LogP contribution is -2.26. The van der Waals surface area contributed by atoms with Crippen LogP contribution in [0.3, 0.4) is 0 Å². The van der Waals surface area contributed by atoms with Gasteiger partial charge >= 0.3 is 5.97 Å². The molecule has 3 rings (SSSR count). The number of rotatable bonds is 4. The van der Waals surface area contributed by atoms with E-state index >= 15 is 0 Å². The van der Waals surface area contributed by atoms with Crippen LogP contribution in [0.4, 0.5) is 11.8 Å². The van der Waals surface area contributed by atoms with Gasteiger partial charge in [0.05, 0.1) is 12.7 Å². The lowest BCUT2D eigenvalue weighted by atomic mass is 10.2. The van der Waals surface area contributed by atoms with Gasteiger partial charge in [-0.25, -0.2) is 9.78 Å². The Kier molecular flexibility index (Phi) is 3.59. The molecule has 9 heteroatoms. The number of hydrogen-bond acceptors (Lipinski definition) is 8. The Hall–Kier alpha value is -2.42. The van der Waals surface area contributed by atoms with Gasteiger partial charge in [-0.15, -0.1) is 0 Å². The van der Waals surface area contributed by atoms with E-state index in [-0.39, 0.29) is 23.7 Å². The number of anilines is 2. The maximum atomic E-state index is 12.5. The molecule has 1 atom stereocenters. The first kappa shape index (κ1) is 15.5. The molecule has 2 aromatic rings. The Morgan fingerprint density at radius 3 is 2.65 bits per heavy atom. The molecule has 2 aromatic heterocycles. The Labute approximate surface area is 133 Å². The molecule has 1 fully saturated rings. The first-order valence-electron chi connectivity index (χ1n) is 7.39. The van der Waals surface area contributed by atoms with Crippen molar-refractivity contribution in [1.82, 2.24) is 19.5 Å². The molecule has 0 aliphatic carbocycles. The molecule has 23 heavy (non-hydrogen) atoms. The van der Waals surface area contributed by atoms with Crippen LogP contribution in [0.5, 0.6) is 0 Å². The number of nitrogens with zero attached hydrogens (tertiary/aromatic N) is 4. The van der Waals surface area contributed by atoms with Crippen LogP contribution in [-0.2, 0) is 16.0 Å². The summed E-state index contributed by atoms with van der Waals surface area (Å²) in [7, 11) is 0. The highest BCUT2D eigenvalue weighted by molar-refractivity contribution is 5.93. The first-order valence-corrected chi connectivity index (χ1v) is 7.39. The average Bonchev–Trinajstić information content (AvgIpc) is 3.15. The monoisotopic (exact) mass is 320 g/mol.